The third-order valence-corrected chi connectivity index (χ3v) is 3.78. The summed E-state index contributed by atoms with van der Waals surface area (Å²) in [6.45, 7) is 2.05. The second-order valence-corrected chi connectivity index (χ2v) is 5.51. The third kappa shape index (κ3) is 4.63. The lowest BCUT2D eigenvalue weighted by atomic mass is 10.1. The Morgan fingerprint density at radius 1 is 1.17 bits per heavy atom. The molecule has 0 saturated carbocycles. The topological polar surface area (TPSA) is 94.6 Å². The lowest BCUT2D eigenvalue weighted by Crippen LogP contribution is -2.12. The molecule has 24 heavy (non-hydrogen) atoms. The van der Waals surface area contributed by atoms with Gasteiger partial charge in [-0.1, -0.05) is 0 Å². The zero-order chi connectivity index (χ0) is 17.5. The van der Waals surface area contributed by atoms with E-state index in [1.54, 1.807) is 12.3 Å². The van der Waals surface area contributed by atoms with Crippen LogP contribution >= 0.6 is 11.3 Å². The molecule has 126 valence electrons. The van der Waals surface area contributed by atoms with Crippen molar-refractivity contribution in [3.8, 4) is 0 Å². The first-order valence-electron chi connectivity index (χ1n) is 7.13. The van der Waals surface area contributed by atoms with Crippen LogP contribution < -0.4 is 5.32 Å². The van der Waals surface area contributed by atoms with Gasteiger partial charge in [0, 0.05) is 10.9 Å². The van der Waals surface area contributed by atoms with Crippen LogP contribution in [0.4, 0.5) is 5.13 Å². The van der Waals surface area contributed by atoms with Gasteiger partial charge in [-0.3, -0.25) is 14.9 Å². The summed E-state index contributed by atoms with van der Waals surface area (Å²) in [7, 11) is 1.29. The highest BCUT2D eigenvalue weighted by Gasteiger charge is 2.12. The fraction of sp³-hybridized carbons (Fsp3) is 0.250. The number of esters is 2. The second kappa shape index (κ2) is 8.21. The molecule has 2 rings (SSSR count). The van der Waals surface area contributed by atoms with Crippen LogP contribution in [0.25, 0.3) is 0 Å². The van der Waals surface area contributed by atoms with E-state index in [1.807, 2.05) is 0 Å². The lowest BCUT2D eigenvalue weighted by molar-refractivity contribution is -0.142. The second-order valence-electron chi connectivity index (χ2n) is 4.65. The number of carbonyl (C=O) groups is 3. The molecule has 0 radical (unpaired) electrons. The molecule has 7 nitrogen and oxygen atoms in total. The number of nitrogens with one attached hydrogen (secondary N) is 1. The maximum Gasteiger partial charge on any atom is 0.337 e. The van der Waals surface area contributed by atoms with Crippen molar-refractivity contribution in [3.63, 3.8) is 0 Å². The molecule has 0 bridgehead atoms. The molecule has 1 aromatic heterocycles. The fourth-order valence-electron chi connectivity index (χ4n) is 1.85. The molecule has 2 aromatic rings. The first kappa shape index (κ1) is 17.6. The maximum atomic E-state index is 12.1. The van der Waals surface area contributed by atoms with E-state index in [2.05, 4.69) is 15.0 Å². The Morgan fingerprint density at radius 3 is 2.46 bits per heavy atom. The van der Waals surface area contributed by atoms with Crippen molar-refractivity contribution in [1.29, 1.82) is 0 Å². The van der Waals surface area contributed by atoms with Crippen molar-refractivity contribution in [2.45, 2.75) is 13.3 Å². The average Bonchev–Trinajstić information content (AvgIpc) is 3.01. The Balaban J connectivity index is 1.98. The molecule has 1 N–H and O–H groups in total. The number of aromatic nitrogens is 1. The zero-order valence-electron chi connectivity index (χ0n) is 13.2. The number of hydrogen-bond acceptors (Lipinski definition) is 7. The molecule has 0 saturated heterocycles. The molecule has 0 aliphatic rings. The predicted octanol–water partition coefficient (Wildman–Crippen LogP) is 2.29. The first-order chi connectivity index (χ1) is 11.5. The smallest absolute Gasteiger partial charge is 0.337 e. The van der Waals surface area contributed by atoms with Gasteiger partial charge in [0.1, 0.15) is 0 Å². The summed E-state index contributed by atoms with van der Waals surface area (Å²) in [4.78, 5) is 39.1. The van der Waals surface area contributed by atoms with Crippen molar-refractivity contribution in [1.82, 2.24) is 4.98 Å². The van der Waals surface area contributed by atoms with Crippen LogP contribution in [0.5, 0.6) is 0 Å². The van der Waals surface area contributed by atoms with E-state index in [-0.39, 0.29) is 18.3 Å². The van der Waals surface area contributed by atoms with Crippen LogP contribution in [0.15, 0.2) is 29.6 Å². The van der Waals surface area contributed by atoms with E-state index in [1.165, 1.54) is 42.7 Å². The Bertz CT molecular complexity index is 739. The van der Waals surface area contributed by atoms with E-state index >= 15 is 0 Å². The highest BCUT2D eigenvalue weighted by molar-refractivity contribution is 7.14. The van der Waals surface area contributed by atoms with Gasteiger partial charge >= 0.3 is 11.9 Å². The fourth-order valence-corrected chi connectivity index (χ4v) is 2.56. The van der Waals surface area contributed by atoms with Gasteiger partial charge in [0.25, 0.3) is 5.91 Å². The summed E-state index contributed by atoms with van der Waals surface area (Å²) in [6, 6.07) is 6.06. The molecule has 0 aliphatic heterocycles. The Labute approximate surface area is 142 Å². The summed E-state index contributed by atoms with van der Waals surface area (Å²) < 4.78 is 9.44. The highest BCUT2D eigenvalue weighted by Crippen LogP contribution is 2.17. The molecule has 0 aliphatic carbocycles. The van der Waals surface area contributed by atoms with Gasteiger partial charge in [-0.15, -0.1) is 11.3 Å². The largest absolute Gasteiger partial charge is 0.466 e. The number of methoxy groups -OCH3 is 1. The van der Waals surface area contributed by atoms with Gasteiger partial charge in [-0.25, -0.2) is 9.78 Å². The van der Waals surface area contributed by atoms with Crippen LogP contribution in [0.2, 0.25) is 0 Å². The van der Waals surface area contributed by atoms with Crippen LogP contribution in [-0.4, -0.2) is 36.5 Å². The van der Waals surface area contributed by atoms with Crippen molar-refractivity contribution < 1.29 is 23.9 Å². The molecule has 0 fully saturated rings. The quantitative estimate of drug-likeness (QED) is 0.805. The van der Waals surface area contributed by atoms with E-state index in [4.69, 9.17) is 4.74 Å². The minimum atomic E-state index is -0.467. The molecule has 8 heteroatoms. The molecule has 0 unspecified atom stereocenters. The van der Waals surface area contributed by atoms with Crippen LogP contribution in [0, 0.1) is 0 Å². The summed E-state index contributed by atoms with van der Waals surface area (Å²) in [5.41, 5.74) is 1.28. The third-order valence-electron chi connectivity index (χ3n) is 2.97. The van der Waals surface area contributed by atoms with E-state index in [0.29, 0.717) is 28.6 Å². The molecule has 1 aromatic carbocycles. The van der Waals surface area contributed by atoms with Crippen molar-refractivity contribution >= 4 is 34.3 Å². The number of amides is 1. The molecule has 0 atom stereocenters. The van der Waals surface area contributed by atoms with E-state index < -0.39 is 5.97 Å². The van der Waals surface area contributed by atoms with Crippen molar-refractivity contribution in [2.24, 2.45) is 0 Å². The first-order valence-corrected chi connectivity index (χ1v) is 8.01. The molecule has 1 amide bonds. The van der Waals surface area contributed by atoms with Gasteiger partial charge in [0.05, 0.1) is 31.4 Å². The number of anilines is 1. The summed E-state index contributed by atoms with van der Waals surface area (Å²) >= 11 is 1.22. The SMILES string of the molecule is CCOC(=O)Cc1csc(NC(=O)c2ccc(C(=O)OC)cc2)n1. The van der Waals surface area contributed by atoms with E-state index in [0.717, 1.165) is 0 Å². The number of benzene rings is 1. The number of ether oxygens (including phenoxy) is 2. The normalized spacial score (nSPS) is 10.1. The number of rotatable bonds is 6. The number of carbonyl (C=O) groups excluding carboxylic acids is 3. The van der Waals surface area contributed by atoms with Gasteiger partial charge in [-0.05, 0) is 31.2 Å². The maximum absolute atomic E-state index is 12.1. The molecule has 0 spiro atoms. The standard InChI is InChI=1S/C16H16N2O5S/c1-3-23-13(19)8-12-9-24-16(17-12)18-14(20)10-4-6-11(7-5-10)15(21)22-2/h4-7,9H,3,8H2,1-2H3,(H,17,18,20). The average molecular weight is 348 g/mol. The molecule has 1 heterocycles. The van der Waals surface area contributed by atoms with Gasteiger partial charge in [0.15, 0.2) is 5.13 Å². The van der Waals surface area contributed by atoms with Gasteiger partial charge in [-0.2, -0.15) is 0 Å². The lowest BCUT2D eigenvalue weighted by Gasteiger charge is -2.03. The van der Waals surface area contributed by atoms with Crippen molar-refractivity contribution in [2.75, 3.05) is 19.0 Å². The Kier molecular flexibility index (Phi) is 6.02. The predicted molar refractivity (Wildman–Crippen MR) is 88.2 cm³/mol. The monoisotopic (exact) mass is 348 g/mol. The zero-order valence-corrected chi connectivity index (χ0v) is 14.0. The molecular formula is C16H16N2O5S. The Morgan fingerprint density at radius 2 is 1.83 bits per heavy atom. The summed E-state index contributed by atoms with van der Waals surface area (Å²) in [6.07, 6.45) is 0.0635. The van der Waals surface area contributed by atoms with E-state index in [9.17, 15) is 14.4 Å². The van der Waals surface area contributed by atoms with Crippen LogP contribution in [0.1, 0.15) is 33.3 Å². The summed E-state index contributed by atoms with van der Waals surface area (Å²) in [5, 5.41) is 4.72. The van der Waals surface area contributed by atoms with Gasteiger partial charge in [0.2, 0.25) is 0 Å². The minimum Gasteiger partial charge on any atom is -0.466 e. The minimum absolute atomic E-state index is 0.0635. The van der Waals surface area contributed by atoms with Crippen molar-refractivity contribution in [3.05, 3.63) is 46.5 Å². The Hall–Kier alpha value is -2.74. The van der Waals surface area contributed by atoms with Crippen LogP contribution in [-0.2, 0) is 20.7 Å². The number of hydrogen-bond donors (Lipinski definition) is 1. The van der Waals surface area contributed by atoms with Crippen LogP contribution in [0.3, 0.4) is 0 Å². The number of thiazole rings is 1. The highest BCUT2D eigenvalue weighted by atomic mass is 32.1. The summed E-state index contributed by atoms with van der Waals surface area (Å²) in [5.74, 6) is -1.19. The van der Waals surface area contributed by atoms with Gasteiger partial charge < -0.3 is 9.47 Å². The number of nitrogens with zero attached hydrogens (tertiary/aromatic N) is 1. The molecular weight excluding hydrogens is 332 g/mol.